The predicted octanol–water partition coefficient (Wildman–Crippen LogP) is 4.85. The molecule has 1 atom stereocenters. The van der Waals surface area contributed by atoms with E-state index in [2.05, 4.69) is 11.9 Å². The molecule has 3 heterocycles. The zero-order valence-corrected chi connectivity index (χ0v) is 19.9. The maximum absolute atomic E-state index is 12.9. The number of aryl methyl sites for hydroxylation is 1. The van der Waals surface area contributed by atoms with E-state index in [4.69, 9.17) is 24.3 Å². The van der Waals surface area contributed by atoms with Crippen LogP contribution in [0.4, 0.5) is 5.82 Å². The van der Waals surface area contributed by atoms with Gasteiger partial charge in [0, 0.05) is 23.5 Å². The third-order valence-electron chi connectivity index (χ3n) is 5.82. The summed E-state index contributed by atoms with van der Waals surface area (Å²) in [6.45, 7) is 6.02. The number of rotatable bonds is 7. The average Bonchev–Trinajstić information content (AvgIpc) is 3.42. The molecule has 0 radical (unpaired) electrons. The number of para-hydroxylation sites is 1. The lowest BCUT2D eigenvalue weighted by molar-refractivity contribution is -0.116. The Morgan fingerprint density at radius 3 is 2.88 bits per heavy atom. The second kappa shape index (κ2) is 8.83. The SMILES string of the molecule is C=CCOc1c(OC)cccc1[C@@H]1CC(=O)Nc2c1c(C)nn2-c1nc2ccc(OC)cc2s1. The summed E-state index contributed by atoms with van der Waals surface area (Å²) in [4.78, 5) is 17.6. The molecule has 1 amide bonds. The molecule has 2 aromatic carbocycles. The van der Waals surface area contributed by atoms with Crippen LogP contribution in [0.1, 0.15) is 29.2 Å². The summed E-state index contributed by atoms with van der Waals surface area (Å²) < 4.78 is 19.6. The molecule has 1 aliphatic rings. The molecule has 0 saturated heterocycles. The minimum Gasteiger partial charge on any atom is -0.497 e. The third kappa shape index (κ3) is 3.67. The van der Waals surface area contributed by atoms with Gasteiger partial charge in [0.25, 0.3) is 0 Å². The van der Waals surface area contributed by atoms with Gasteiger partial charge < -0.3 is 19.5 Å². The third-order valence-corrected chi connectivity index (χ3v) is 6.81. The molecular formula is C25H24N4O4S. The number of nitrogens with zero attached hydrogens (tertiary/aromatic N) is 3. The molecule has 34 heavy (non-hydrogen) atoms. The minimum absolute atomic E-state index is 0.0982. The van der Waals surface area contributed by atoms with Crippen molar-refractivity contribution in [2.45, 2.75) is 19.3 Å². The number of methoxy groups -OCH3 is 2. The predicted molar refractivity (Wildman–Crippen MR) is 132 cm³/mol. The molecule has 0 spiro atoms. The van der Waals surface area contributed by atoms with E-state index in [0.29, 0.717) is 29.1 Å². The summed E-state index contributed by atoms with van der Waals surface area (Å²) in [5, 5.41) is 8.47. The first-order valence-corrected chi connectivity index (χ1v) is 11.6. The van der Waals surface area contributed by atoms with Gasteiger partial charge in [-0.3, -0.25) is 4.79 Å². The smallest absolute Gasteiger partial charge is 0.226 e. The quantitative estimate of drug-likeness (QED) is 0.384. The van der Waals surface area contributed by atoms with Gasteiger partial charge >= 0.3 is 0 Å². The molecule has 0 saturated carbocycles. The van der Waals surface area contributed by atoms with Gasteiger partial charge in [-0.25, -0.2) is 4.98 Å². The second-order valence-corrected chi connectivity index (χ2v) is 8.88. The van der Waals surface area contributed by atoms with Crippen LogP contribution in [0.25, 0.3) is 15.3 Å². The lowest BCUT2D eigenvalue weighted by Gasteiger charge is -2.26. The number of ether oxygens (including phenoxy) is 3. The molecular weight excluding hydrogens is 452 g/mol. The minimum atomic E-state index is -0.248. The largest absolute Gasteiger partial charge is 0.497 e. The van der Waals surface area contributed by atoms with E-state index in [1.54, 1.807) is 25.0 Å². The number of hydrogen-bond donors (Lipinski definition) is 1. The topological polar surface area (TPSA) is 87.5 Å². The average molecular weight is 477 g/mol. The van der Waals surface area contributed by atoms with Gasteiger partial charge in [0.15, 0.2) is 11.5 Å². The lowest BCUT2D eigenvalue weighted by atomic mass is 9.85. The van der Waals surface area contributed by atoms with Crippen molar-refractivity contribution in [1.29, 1.82) is 0 Å². The Morgan fingerprint density at radius 2 is 2.12 bits per heavy atom. The molecule has 1 aliphatic heterocycles. The molecule has 0 fully saturated rings. The molecule has 0 unspecified atom stereocenters. The molecule has 4 aromatic rings. The van der Waals surface area contributed by atoms with Crippen LogP contribution in [0.2, 0.25) is 0 Å². The molecule has 2 aromatic heterocycles. The Bertz CT molecular complexity index is 1410. The van der Waals surface area contributed by atoms with Crippen LogP contribution in [0, 0.1) is 6.92 Å². The highest BCUT2D eigenvalue weighted by atomic mass is 32.1. The monoisotopic (exact) mass is 476 g/mol. The van der Waals surface area contributed by atoms with Crippen LogP contribution >= 0.6 is 11.3 Å². The second-order valence-electron chi connectivity index (χ2n) is 7.87. The highest BCUT2D eigenvalue weighted by molar-refractivity contribution is 7.20. The fourth-order valence-corrected chi connectivity index (χ4v) is 5.28. The van der Waals surface area contributed by atoms with Gasteiger partial charge in [0.05, 0.1) is 30.1 Å². The summed E-state index contributed by atoms with van der Waals surface area (Å²) in [5.74, 6) is 2.26. The lowest BCUT2D eigenvalue weighted by Crippen LogP contribution is -2.25. The van der Waals surface area contributed by atoms with Crippen LogP contribution in [0.3, 0.4) is 0 Å². The van der Waals surface area contributed by atoms with Crippen LogP contribution in [0.5, 0.6) is 17.2 Å². The highest BCUT2D eigenvalue weighted by Crippen LogP contribution is 2.46. The number of amides is 1. The van der Waals surface area contributed by atoms with E-state index in [1.165, 1.54) is 11.3 Å². The Morgan fingerprint density at radius 1 is 1.26 bits per heavy atom. The number of hydrogen-bond acceptors (Lipinski definition) is 7. The fourth-order valence-electron chi connectivity index (χ4n) is 4.33. The van der Waals surface area contributed by atoms with Crippen molar-refractivity contribution in [3.05, 3.63) is 65.9 Å². The van der Waals surface area contributed by atoms with Crippen molar-refractivity contribution in [2.24, 2.45) is 0 Å². The molecule has 9 heteroatoms. The number of thiazole rings is 1. The summed E-state index contributed by atoms with van der Waals surface area (Å²) in [6.07, 6.45) is 1.95. The molecule has 1 N–H and O–H groups in total. The van der Waals surface area contributed by atoms with Gasteiger partial charge in [-0.15, -0.1) is 0 Å². The zero-order chi connectivity index (χ0) is 23.8. The summed E-state index contributed by atoms with van der Waals surface area (Å²) in [6, 6.07) is 11.5. The van der Waals surface area contributed by atoms with Crippen LogP contribution in [-0.2, 0) is 4.79 Å². The molecule has 8 nitrogen and oxygen atoms in total. The van der Waals surface area contributed by atoms with Gasteiger partial charge in [-0.2, -0.15) is 9.78 Å². The highest BCUT2D eigenvalue weighted by Gasteiger charge is 2.35. The molecule has 174 valence electrons. The number of fused-ring (bicyclic) bond motifs is 2. The number of benzene rings is 2. The van der Waals surface area contributed by atoms with Crippen molar-refractivity contribution in [1.82, 2.24) is 14.8 Å². The summed E-state index contributed by atoms with van der Waals surface area (Å²) >= 11 is 1.49. The van der Waals surface area contributed by atoms with Crippen molar-refractivity contribution in [3.63, 3.8) is 0 Å². The Labute approximate surface area is 200 Å². The van der Waals surface area contributed by atoms with E-state index < -0.39 is 0 Å². The van der Waals surface area contributed by atoms with E-state index in [-0.39, 0.29) is 18.2 Å². The zero-order valence-electron chi connectivity index (χ0n) is 19.1. The van der Waals surface area contributed by atoms with Gasteiger partial charge in [-0.05, 0) is 31.2 Å². The molecule has 5 rings (SSSR count). The van der Waals surface area contributed by atoms with E-state index in [1.807, 2.05) is 43.3 Å². The number of carbonyl (C=O) groups excluding carboxylic acids is 1. The van der Waals surface area contributed by atoms with Crippen LogP contribution in [0.15, 0.2) is 49.1 Å². The van der Waals surface area contributed by atoms with Crippen LogP contribution in [-0.4, -0.2) is 41.5 Å². The van der Waals surface area contributed by atoms with Crippen LogP contribution < -0.4 is 19.5 Å². The number of nitrogens with one attached hydrogen (secondary N) is 1. The molecule has 0 bridgehead atoms. The van der Waals surface area contributed by atoms with E-state index >= 15 is 0 Å². The number of aromatic nitrogens is 3. The fraction of sp³-hybridized carbons (Fsp3) is 0.240. The van der Waals surface area contributed by atoms with E-state index in [9.17, 15) is 4.79 Å². The van der Waals surface area contributed by atoms with Gasteiger partial charge in [0.1, 0.15) is 18.2 Å². The van der Waals surface area contributed by atoms with Crippen molar-refractivity contribution in [3.8, 4) is 22.4 Å². The summed E-state index contributed by atoms with van der Waals surface area (Å²) in [7, 11) is 3.24. The van der Waals surface area contributed by atoms with Crippen molar-refractivity contribution in [2.75, 3.05) is 26.1 Å². The Kier molecular flexibility index (Phi) is 5.70. The van der Waals surface area contributed by atoms with Gasteiger partial charge in [-0.1, -0.05) is 36.1 Å². The maximum atomic E-state index is 12.9. The first-order chi connectivity index (χ1) is 16.5. The normalized spacial score (nSPS) is 15.0. The number of carbonyl (C=O) groups is 1. The van der Waals surface area contributed by atoms with E-state index in [0.717, 1.165) is 32.8 Å². The van der Waals surface area contributed by atoms with Crippen molar-refractivity contribution >= 4 is 33.3 Å². The standard InChI is InChI=1S/C25H24N4O4S/c1-5-11-33-23-16(7-6-8-19(23)32-4)17-13-21(30)27-24-22(17)14(2)28-29(24)25-26-18-10-9-15(31-3)12-20(18)34-25/h5-10,12,17H,1,11,13H2,2-4H3,(H,27,30)/t17-/m0/s1. The Balaban J connectivity index is 1.65. The first kappa shape index (κ1) is 22.0. The number of anilines is 1. The van der Waals surface area contributed by atoms with Gasteiger partial charge in [0.2, 0.25) is 11.0 Å². The molecule has 0 aliphatic carbocycles. The first-order valence-electron chi connectivity index (χ1n) is 10.8. The summed E-state index contributed by atoms with van der Waals surface area (Å²) in [5.41, 5.74) is 3.46. The maximum Gasteiger partial charge on any atom is 0.226 e. The van der Waals surface area contributed by atoms with Crippen molar-refractivity contribution < 1.29 is 19.0 Å². The Hall–Kier alpha value is -3.85.